The molecule has 32 heavy (non-hydrogen) atoms. The minimum atomic E-state index is -4.05. The molecule has 1 atom stereocenters. The van der Waals surface area contributed by atoms with Gasteiger partial charge in [0.25, 0.3) is 10.0 Å². The Kier molecular flexibility index (Phi) is 7.49. The molecule has 0 aliphatic rings. The average molecular weight is 491 g/mol. The van der Waals surface area contributed by atoms with Gasteiger partial charge >= 0.3 is 0 Å². The number of amides is 1. The second-order valence-electron chi connectivity index (χ2n) is 7.57. The lowest BCUT2D eigenvalue weighted by atomic mass is 10.0. The van der Waals surface area contributed by atoms with E-state index in [0.717, 1.165) is 21.0 Å². The van der Waals surface area contributed by atoms with Crippen LogP contribution in [-0.4, -0.2) is 20.9 Å². The number of sulfonamides is 1. The first-order chi connectivity index (χ1) is 15.1. The van der Waals surface area contributed by atoms with Crippen LogP contribution in [0, 0.1) is 13.8 Å². The van der Waals surface area contributed by atoms with E-state index in [4.69, 9.17) is 23.2 Å². The molecule has 1 N–H and O–H groups in total. The van der Waals surface area contributed by atoms with Gasteiger partial charge in [-0.15, -0.1) is 0 Å². The molecule has 8 heteroatoms. The predicted octanol–water partition coefficient (Wildman–Crippen LogP) is 5.68. The van der Waals surface area contributed by atoms with Crippen molar-refractivity contribution in [1.82, 2.24) is 5.32 Å². The van der Waals surface area contributed by atoms with Crippen LogP contribution in [0.1, 0.15) is 29.7 Å². The zero-order valence-electron chi connectivity index (χ0n) is 18.0. The van der Waals surface area contributed by atoms with Gasteiger partial charge in [-0.2, -0.15) is 0 Å². The molecule has 5 nitrogen and oxygen atoms in total. The molecule has 1 amide bonds. The molecule has 0 radical (unpaired) electrons. The fourth-order valence-corrected chi connectivity index (χ4v) is 5.53. The lowest BCUT2D eigenvalue weighted by molar-refractivity contribution is -0.120. The van der Waals surface area contributed by atoms with Gasteiger partial charge in [0.1, 0.15) is 6.54 Å². The highest BCUT2D eigenvalue weighted by Crippen LogP contribution is 2.32. The third-order valence-corrected chi connectivity index (χ3v) is 7.38. The summed E-state index contributed by atoms with van der Waals surface area (Å²) in [5, 5.41) is 3.39. The molecule has 0 aliphatic heterocycles. The van der Waals surface area contributed by atoms with Crippen LogP contribution in [0.4, 0.5) is 5.69 Å². The van der Waals surface area contributed by atoms with E-state index in [1.54, 1.807) is 18.2 Å². The molecule has 3 aromatic rings. The largest absolute Gasteiger partial charge is 0.348 e. The molecule has 0 unspecified atom stereocenters. The van der Waals surface area contributed by atoms with Crippen LogP contribution in [-0.2, 0) is 14.8 Å². The smallest absolute Gasteiger partial charge is 0.264 e. The van der Waals surface area contributed by atoms with Gasteiger partial charge in [-0.3, -0.25) is 9.10 Å². The summed E-state index contributed by atoms with van der Waals surface area (Å²) in [5.41, 5.74) is 3.31. The standard InChI is InChI=1S/C24H24Cl2N2O3S/c1-16-9-11-21(17(2)13-16)18(3)27-24(29)15-28(23-12-10-19(25)14-22(23)26)32(30,31)20-7-5-4-6-8-20/h4-14,18H,15H2,1-3H3,(H,27,29)/t18-/m1/s1. The summed E-state index contributed by atoms with van der Waals surface area (Å²) in [6.07, 6.45) is 0. The highest BCUT2D eigenvalue weighted by Gasteiger charge is 2.29. The second kappa shape index (κ2) is 9.94. The minimum absolute atomic E-state index is 0.0567. The van der Waals surface area contributed by atoms with Crippen molar-refractivity contribution >= 4 is 44.8 Å². The number of halogens is 2. The summed E-state index contributed by atoms with van der Waals surface area (Å²) in [6, 6.07) is 18.1. The quantitative estimate of drug-likeness (QED) is 0.462. The molecule has 0 heterocycles. The first-order valence-electron chi connectivity index (χ1n) is 9.99. The number of nitrogens with zero attached hydrogens (tertiary/aromatic N) is 1. The van der Waals surface area contributed by atoms with Gasteiger partial charge in [-0.1, -0.05) is 65.2 Å². The normalized spacial score (nSPS) is 12.3. The number of aryl methyl sites for hydroxylation is 2. The maximum atomic E-state index is 13.4. The number of carbonyl (C=O) groups excluding carboxylic acids is 1. The third kappa shape index (κ3) is 5.44. The Morgan fingerprint density at radius 3 is 2.31 bits per heavy atom. The van der Waals surface area contributed by atoms with E-state index in [0.29, 0.717) is 5.02 Å². The topological polar surface area (TPSA) is 66.5 Å². The molecule has 0 saturated heterocycles. The molecule has 0 spiro atoms. The van der Waals surface area contributed by atoms with E-state index in [9.17, 15) is 13.2 Å². The molecule has 0 saturated carbocycles. The van der Waals surface area contributed by atoms with Gasteiger partial charge in [-0.05, 0) is 62.2 Å². The summed E-state index contributed by atoms with van der Waals surface area (Å²) >= 11 is 12.3. The SMILES string of the molecule is Cc1ccc([C@@H](C)NC(=O)CN(c2ccc(Cl)cc2Cl)S(=O)(=O)c2ccccc2)c(C)c1. The molecular weight excluding hydrogens is 467 g/mol. The molecular formula is C24H24Cl2N2O3S. The van der Waals surface area contributed by atoms with Crippen molar-refractivity contribution in [2.24, 2.45) is 0 Å². The number of carbonyl (C=O) groups is 1. The molecule has 0 bridgehead atoms. The molecule has 168 valence electrons. The maximum Gasteiger partial charge on any atom is 0.264 e. The monoisotopic (exact) mass is 490 g/mol. The summed E-state index contributed by atoms with van der Waals surface area (Å²) < 4.78 is 27.8. The summed E-state index contributed by atoms with van der Waals surface area (Å²) in [5.74, 6) is -0.456. The van der Waals surface area contributed by atoms with Crippen LogP contribution in [0.25, 0.3) is 0 Å². The predicted molar refractivity (Wildman–Crippen MR) is 130 cm³/mol. The van der Waals surface area contributed by atoms with E-state index in [-0.39, 0.29) is 21.6 Å². The first kappa shape index (κ1) is 24.1. The minimum Gasteiger partial charge on any atom is -0.348 e. The Bertz CT molecular complexity index is 1230. The van der Waals surface area contributed by atoms with Crippen molar-refractivity contribution in [3.05, 3.63) is 93.5 Å². The Balaban J connectivity index is 1.93. The summed E-state index contributed by atoms with van der Waals surface area (Å²) in [7, 11) is -4.05. The van der Waals surface area contributed by atoms with Crippen molar-refractivity contribution in [1.29, 1.82) is 0 Å². The van der Waals surface area contributed by atoms with Gasteiger partial charge < -0.3 is 5.32 Å². The van der Waals surface area contributed by atoms with E-state index in [1.165, 1.54) is 30.3 Å². The lowest BCUT2D eigenvalue weighted by Crippen LogP contribution is -2.41. The van der Waals surface area contributed by atoms with Crippen molar-refractivity contribution < 1.29 is 13.2 Å². The number of nitrogens with one attached hydrogen (secondary N) is 1. The molecule has 3 aromatic carbocycles. The summed E-state index contributed by atoms with van der Waals surface area (Å²) in [4.78, 5) is 13.0. The first-order valence-corrected chi connectivity index (χ1v) is 12.2. The van der Waals surface area contributed by atoms with E-state index in [2.05, 4.69) is 5.32 Å². The fraction of sp³-hybridized carbons (Fsp3) is 0.208. The van der Waals surface area contributed by atoms with Crippen molar-refractivity contribution in [3.63, 3.8) is 0 Å². The average Bonchev–Trinajstić information content (AvgIpc) is 2.73. The van der Waals surface area contributed by atoms with Crippen LogP contribution in [0.15, 0.2) is 71.6 Å². The van der Waals surface area contributed by atoms with Crippen molar-refractivity contribution in [2.75, 3.05) is 10.8 Å². The Hall–Kier alpha value is -2.54. The van der Waals surface area contributed by atoms with Gasteiger partial charge in [-0.25, -0.2) is 8.42 Å². The van der Waals surface area contributed by atoms with E-state index >= 15 is 0 Å². The van der Waals surface area contributed by atoms with E-state index in [1.807, 2.05) is 39.0 Å². The number of rotatable bonds is 7. The van der Waals surface area contributed by atoms with Crippen molar-refractivity contribution in [3.8, 4) is 0 Å². The highest BCUT2D eigenvalue weighted by atomic mass is 35.5. The van der Waals surface area contributed by atoms with Crippen LogP contribution in [0.2, 0.25) is 10.0 Å². The molecule has 0 fully saturated rings. The van der Waals surface area contributed by atoms with E-state index < -0.39 is 22.5 Å². The maximum absolute atomic E-state index is 13.4. The number of hydrogen-bond acceptors (Lipinski definition) is 3. The van der Waals surface area contributed by atoms with Crippen LogP contribution in [0.3, 0.4) is 0 Å². The van der Waals surface area contributed by atoms with Crippen LogP contribution >= 0.6 is 23.2 Å². The highest BCUT2D eigenvalue weighted by molar-refractivity contribution is 7.92. The van der Waals surface area contributed by atoms with Crippen molar-refractivity contribution in [2.45, 2.75) is 31.7 Å². The third-order valence-electron chi connectivity index (χ3n) is 5.07. The van der Waals surface area contributed by atoms with Gasteiger partial charge in [0, 0.05) is 5.02 Å². The van der Waals surface area contributed by atoms with Crippen LogP contribution < -0.4 is 9.62 Å². The second-order valence-corrected chi connectivity index (χ2v) is 10.3. The zero-order valence-corrected chi connectivity index (χ0v) is 20.3. The molecule has 0 aromatic heterocycles. The Morgan fingerprint density at radius 2 is 1.69 bits per heavy atom. The fourth-order valence-electron chi connectivity index (χ4n) is 3.51. The van der Waals surface area contributed by atoms with Crippen LogP contribution in [0.5, 0.6) is 0 Å². The Morgan fingerprint density at radius 1 is 1.00 bits per heavy atom. The van der Waals surface area contributed by atoms with Gasteiger partial charge in [0.15, 0.2) is 0 Å². The van der Waals surface area contributed by atoms with Gasteiger partial charge in [0.2, 0.25) is 5.91 Å². The number of benzene rings is 3. The number of hydrogen-bond donors (Lipinski definition) is 1. The molecule has 3 rings (SSSR count). The Labute approximate surface area is 199 Å². The van der Waals surface area contributed by atoms with Gasteiger partial charge in [0.05, 0.1) is 21.6 Å². The summed E-state index contributed by atoms with van der Waals surface area (Å²) in [6.45, 7) is 5.40. The number of anilines is 1. The molecule has 0 aliphatic carbocycles. The zero-order chi connectivity index (χ0) is 23.5. The lowest BCUT2D eigenvalue weighted by Gasteiger charge is -2.26.